The zero-order valence-corrected chi connectivity index (χ0v) is 9.53. The van der Waals surface area contributed by atoms with E-state index in [1.807, 2.05) is 11.8 Å². The minimum Gasteiger partial charge on any atom is -0.381 e. The second-order valence-electron chi connectivity index (χ2n) is 3.76. The van der Waals surface area contributed by atoms with Crippen molar-refractivity contribution in [2.24, 2.45) is 5.92 Å². The molecule has 1 aliphatic rings. The molecule has 0 aromatic heterocycles. The fourth-order valence-corrected chi connectivity index (χ4v) is 1.81. The fourth-order valence-electron chi connectivity index (χ4n) is 1.52. The molecule has 0 radical (unpaired) electrons. The van der Waals surface area contributed by atoms with Crippen LogP contribution in [0.15, 0.2) is 0 Å². The van der Waals surface area contributed by atoms with Crippen LogP contribution in [-0.2, 0) is 4.74 Å². The van der Waals surface area contributed by atoms with Gasteiger partial charge in [-0.1, -0.05) is 6.92 Å². The van der Waals surface area contributed by atoms with Crippen LogP contribution < -0.4 is 5.32 Å². The maximum absolute atomic E-state index is 5.32. The van der Waals surface area contributed by atoms with Gasteiger partial charge in [0.05, 0.1) is 0 Å². The molecule has 0 aliphatic carbocycles. The molecule has 1 unspecified atom stereocenters. The molecule has 3 heteroatoms. The molecule has 1 aliphatic heterocycles. The lowest BCUT2D eigenvalue weighted by Crippen LogP contribution is -2.31. The van der Waals surface area contributed by atoms with Gasteiger partial charge in [0.15, 0.2) is 0 Å². The quantitative estimate of drug-likeness (QED) is 0.735. The maximum atomic E-state index is 5.32. The van der Waals surface area contributed by atoms with Crippen LogP contribution in [0.3, 0.4) is 0 Å². The maximum Gasteiger partial charge on any atom is 0.0469 e. The Hall–Kier alpha value is 0.270. The summed E-state index contributed by atoms with van der Waals surface area (Å²) >= 11 is 1.92. The zero-order valence-electron chi connectivity index (χ0n) is 8.71. The Balaban J connectivity index is 1.98. The van der Waals surface area contributed by atoms with Crippen LogP contribution in [0.25, 0.3) is 0 Å². The summed E-state index contributed by atoms with van der Waals surface area (Å²) in [7, 11) is 0. The van der Waals surface area contributed by atoms with Gasteiger partial charge in [-0.3, -0.25) is 0 Å². The molecule has 2 nitrogen and oxygen atoms in total. The molecule has 78 valence electrons. The first-order chi connectivity index (χ1) is 6.33. The second kappa shape index (κ2) is 6.68. The van der Waals surface area contributed by atoms with E-state index >= 15 is 0 Å². The largest absolute Gasteiger partial charge is 0.381 e. The minimum atomic E-state index is 0.736. The summed E-state index contributed by atoms with van der Waals surface area (Å²) < 4.78 is 5.32. The van der Waals surface area contributed by atoms with E-state index in [9.17, 15) is 0 Å². The number of rotatable bonds is 5. The highest BCUT2D eigenvalue weighted by Crippen LogP contribution is 2.13. The third-order valence-corrected chi connectivity index (χ3v) is 3.58. The molecule has 0 aromatic rings. The van der Waals surface area contributed by atoms with Crippen molar-refractivity contribution < 1.29 is 4.74 Å². The van der Waals surface area contributed by atoms with Gasteiger partial charge in [0, 0.05) is 25.0 Å². The van der Waals surface area contributed by atoms with E-state index in [-0.39, 0.29) is 0 Å². The smallest absolute Gasteiger partial charge is 0.0469 e. The van der Waals surface area contributed by atoms with Crippen LogP contribution >= 0.6 is 11.8 Å². The Morgan fingerprint density at radius 2 is 2.15 bits per heavy atom. The van der Waals surface area contributed by atoms with Crippen molar-refractivity contribution in [3.05, 3.63) is 0 Å². The predicted octanol–water partition coefficient (Wildman–Crippen LogP) is 1.75. The highest BCUT2D eigenvalue weighted by molar-refractivity contribution is 7.99. The van der Waals surface area contributed by atoms with Crippen LogP contribution in [0.5, 0.6) is 0 Å². The first kappa shape index (κ1) is 11.3. The number of nitrogens with one attached hydrogen (secondary N) is 1. The summed E-state index contributed by atoms with van der Waals surface area (Å²) in [5.74, 6) is 0.850. The molecule has 1 heterocycles. The van der Waals surface area contributed by atoms with Gasteiger partial charge in [-0.05, 0) is 31.6 Å². The van der Waals surface area contributed by atoms with E-state index in [0.29, 0.717) is 0 Å². The summed E-state index contributed by atoms with van der Waals surface area (Å²) in [4.78, 5) is 0. The number of hydrogen-bond donors (Lipinski definition) is 1. The standard InChI is InChI=1S/C10H21NOS/c1-9(13-2)7-11-8-10-3-5-12-6-4-10/h9-11H,3-8H2,1-2H3. The van der Waals surface area contributed by atoms with Crippen LogP contribution in [0.1, 0.15) is 19.8 Å². The van der Waals surface area contributed by atoms with Gasteiger partial charge in [0.1, 0.15) is 0 Å². The van der Waals surface area contributed by atoms with Crippen molar-refractivity contribution in [3.63, 3.8) is 0 Å². The third-order valence-electron chi connectivity index (χ3n) is 2.61. The van der Waals surface area contributed by atoms with Crippen LogP contribution in [0.4, 0.5) is 0 Å². The Morgan fingerprint density at radius 1 is 1.46 bits per heavy atom. The Kier molecular flexibility index (Phi) is 5.83. The molecule has 1 saturated heterocycles. The fraction of sp³-hybridized carbons (Fsp3) is 1.00. The molecule has 0 aromatic carbocycles. The van der Waals surface area contributed by atoms with E-state index in [1.165, 1.54) is 19.4 Å². The monoisotopic (exact) mass is 203 g/mol. The van der Waals surface area contributed by atoms with Crippen molar-refractivity contribution in [1.29, 1.82) is 0 Å². The van der Waals surface area contributed by atoms with Crippen LogP contribution in [0.2, 0.25) is 0 Å². The lowest BCUT2D eigenvalue weighted by Gasteiger charge is -2.22. The highest BCUT2D eigenvalue weighted by Gasteiger charge is 2.13. The molecule has 0 bridgehead atoms. The SMILES string of the molecule is CSC(C)CNCC1CCOCC1. The van der Waals surface area contributed by atoms with Gasteiger partial charge in [0.25, 0.3) is 0 Å². The molecular weight excluding hydrogens is 182 g/mol. The Morgan fingerprint density at radius 3 is 2.77 bits per heavy atom. The Labute approximate surface area is 85.8 Å². The van der Waals surface area contributed by atoms with Gasteiger partial charge in [-0.2, -0.15) is 11.8 Å². The van der Waals surface area contributed by atoms with Gasteiger partial charge < -0.3 is 10.1 Å². The zero-order chi connectivity index (χ0) is 9.52. The minimum absolute atomic E-state index is 0.736. The van der Waals surface area contributed by atoms with E-state index in [1.54, 1.807) is 0 Å². The van der Waals surface area contributed by atoms with Crippen molar-refractivity contribution in [1.82, 2.24) is 5.32 Å². The summed E-state index contributed by atoms with van der Waals surface area (Å²) in [6.45, 7) is 6.50. The molecular formula is C10H21NOS. The number of thioether (sulfide) groups is 1. The van der Waals surface area contributed by atoms with Crippen LogP contribution in [-0.4, -0.2) is 37.8 Å². The van der Waals surface area contributed by atoms with Crippen molar-refractivity contribution in [2.45, 2.75) is 25.0 Å². The molecule has 13 heavy (non-hydrogen) atoms. The summed E-state index contributed by atoms with van der Waals surface area (Å²) in [5.41, 5.74) is 0. The molecule has 1 rings (SSSR count). The summed E-state index contributed by atoms with van der Waals surface area (Å²) in [5, 5.41) is 4.27. The third kappa shape index (κ3) is 4.89. The highest BCUT2D eigenvalue weighted by atomic mass is 32.2. The molecule has 1 N–H and O–H groups in total. The topological polar surface area (TPSA) is 21.3 Å². The van der Waals surface area contributed by atoms with Gasteiger partial charge in [-0.15, -0.1) is 0 Å². The van der Waals surface area contributed by atoms with Crippen molar-refractivity contribution in [3.8, 4) is 0 Å². The average molecular weight is 203 g/mol. The molecule has 0 saturated carbocycles. The van der Waals surface area contributed by atoms with Crippen molar-refractivity contribution >= 4 is 11.8 Å². The second-order valence-corrected chi connectivity index (χ2v) is 5.04. The van der Waals surface area contributed by atoms with E-state index in [4.69, 9.17) is 4.74 Å². The van der Waals surface area contributed by atoms with E-state index < -0.39 is 0 Å². The van der Waals surface area contributed by atoms with E-state index in [2.05, 4.69) is 18.5 Å². The number of hydrogen-bond acceptors (Lipinski definition) is 3. The molecule has 1 atom stereocenters. The normalized spacial score (nSPS) is 21.7. The summed E-state index contributed by atoms with van der Waals surface area (Å²) in [6.07, 6.45) is 4.64. The van der Waals surface area contributed by atoms with Crippen molar-refractivity contribution in [2.75, 3.05) is 32.6 Å². The van der Waals surface area contributed by atoms with Gasteiger partial charge in [0.2, 0.25) is 0 Å². The summed E-state index contributed by atoms with van der Waals surface area (Å²) in [6, 6.07) is 0. The first-order valence-corrected chi connectivity index (χ1v) is 6.43. The average Bonchev–Trinajstić information content (AvgIpc) is 2.19. The predicted molar refractivity (Wildman–Crippen MR) is 59.4 cm³/mol. The lowest BCUT2D eigenvalue weighted by molar-refractivity contribution is 0.0664. The van der Waals surface area contributed by atoms with Gasteiger partial charge in [-0.25, -0.2) is 0 Å². The lowest BCUT2D eigenvalue weighted by atomic mass is 10.0. The molecule has 0 amide bonds. The number of ether oxygens (including phenoxy) is 1. The molecule has 1 fully saturated rings. The molecule has 0 spiro atoms. The van der Waals surface area contributed by atoms with Crippen LogP contribution in [0, 0.1) is 5.92 Å². The Bertz CT molecular complexity index is 126. The first-order valence-electron chi connectivity index (χ1n) is 5.14. The van der Waals surface area contributed by atoms with Gasteiger partial charge >= 0.3 is 0 Å². The van der Waals surface area contributed by atoms with E-state index in [0.717, 1.165) is 30.9 Å².